The summed E-state index contributed by atoms with van der Waals surface area (Å²) >= 11 is 0. The van der Waals surface area contributed by atoms with E-state index in [2.05, 4.69) is 10.2 Å². The summed E-state index contributed by atoms with van der Waals surface area (Å²) in [5, 5.41) is 3.02. The van der Waals surface area contributed by atoms with Crippen LogP contribution in [0.1, 0.15) is 19.8 Å². The molecule has 1 aromatic carbocycles. The zero-order chi connectivity index (χ0) is 17.4. The minimum Gasteiger partial charge on any atom is -0.492 e. The lowest BCUT2D eigenvalue weighted by molar-refractivity contribution is 0.0465. The smallest absolute Gasteiger partial charge is 0.322 e. The van der Waals surface area contributed by atoms with Gasteiger partial charge in [0.1, 0.15) is 5.75 Å². The summed E-state index contributed by atoms with van der Waals surface area (Å²) in [6.07, 6.45) is 1.77. The Morgan fingerprint density at radius 1 is 1.25 bits per heavy atom. The number of nitrogens with one attached hydrogen (secondary N) is 1. The Morgan fingerprint density at radius 3 is 2.62 bits per heavy atom. The third-order valence-electron chi connectivity index (χ3n) is 4.11. The van der Waals surface area contributed by atoms with Crippen molar-refractivity contribution in [3.05, 3.63) is 24.3 Å². The molecule has 1 N–H and O–H groups in total. The maximum absolute atomic E-state index is 12.9. The second-order valence-corrected chi connectivity index (χ2v) is 6.20. The van der Waals surface area contributed by atoms with E-state index in [1.165, 1.54) is 0 Å². The Labute approximate surface area is 144 Å². The molecule has 0 spiro atoms. The summed E-state index contributed by atoms with van der Waals surface area (Å²) in [5.41, 5.74) is 0.714. The van der Waals surface area contributed by atoms with E-state index >= 15 is 0 Å². The van der Waals surface area contributed by atoms with Crippen LogP contribution in [0.3, 0.4) is 0 Å². The molecule has 2 amide bonds. The summed E-state index contributed by atoms with van der Waals surface area (Å²) in [6.45, 7) is 5.46. The highest BCUT2D eigenvalue weighted by molar-refractivity contribution is 5.91. The van der Waals surface area contributed by atoms with E-state index in [1.54, 1.807) is 0 Å². The Kier molecular flexibility index (Phi) is 7.34. The van der Waals surface area contributed by atoms with Crippen LogP contribution in [0.4, 0.5) is 10.5 Å². The maximum Gasteiger partial charge on any atom is 0.322 e. The number of likely N-dealkylation sites (N-methyl/N-ethyl adjacent to an activating group) is 1. The van der Waals surface area contributed by atoms with Crippen molar-refractivity contribution in [1.29, 1.82) is 0 Å². The first-order chi connectivity index (χ1) is 11.6. The maximum atomic E-state index is 12.9. The molecule has 24 heavy (non-hydrogen) atoms. The van der Waals surface area contributed by atoms with Gasteiger partial charge in [-0.15, -0.1) is 0 Å². The first-order valence-corrected chi connectivity index (χ1v) is 8.63. The molecular formula is C18H29N3O3. The predicted octanol–water partition coefficient (Wildman–Crippen LogP) is 2.66. The van der Waals surface area contributed by atoms with Gasteiger partial charge in [0.2, 0.25) is 0 Å². The van der Waals surface area contributed by atoms with Crippen LogP contribution in [0, 0.1) is 0 Å². The van der Waals surface area contributed by atoms with Gasteiger partial charge in [0, 0.05) is 32.3 Å². The largest absolute Gasteiger partial charge is 0.492 e. The quantitative estimate of drug-likeness (QED) is 0.832. The van der Waals surface area contributed by atoms with Crippen LogP contribution < -0.4 is 10.1 Å². The second kappa shape index (κ2) is 9.49. The minimum atomic E-state index is -0.0732. The highest BCUT2D eigenvalue weighted by Gasteiger charge is 2.26. The molecule has 0 radical (unpaired) electrons. The van der Waals surface area contributed by atoms with Crippen molar-refractivity contribution in [2.75, 3.05) is 52.3 Å². The van der Waals surface area contributed by atoms with Gasteiger partial charge in [0.25, 0.3) is 0 Å². The van der Waals surface area contributed by atoms with E-state index in [0.717, 1.165) is 19.4 Å². The third kappa shape index (κ3) is 5.39. The fourth-order valence-corrected chi connectivity index (χ4v) is 2.79. The number of nitrogens with zero attached hydrogens (tertiary/aromatic N) is 2. The Bertz CT molecular complexity index is 516. The van der Waals surface area contributed by atoms with Crippen LogP contribution in [-0.2, 0) is 4.74 Å². The SMILES string of the molecule is CCOc1ccccc1NC(=O)N(CCN(C)C)C1CCOCC1. The molecule has 6 heteroatoms. The molecule has 1 aliphatic heterocycles. The number of amides is 2. The van der Waals surface area contributed by atoms with Crippen molar-refractivity contribution in [1.82, 2.24) is 9.80 Å². The number of hydrogen-bond donors (Lipinski definition) is 1. The topological polar surface area (TPSA) is 54.0 Å². The van der Waals surface area contributed by atoms with Gasteiger partial charge in [-0.2, -0.15) is 0 Å². The summed E-state index contributed by atoms with van der Waals surface area (Å²) < 4.78 is 11.0. The van der Waals surface area contributed by atoms with Gasteiger partial charge in [-0.1, -0.05) is 12.1 Å². The van der Waals surface area contributed by atoms with Gasteiger partial charge in [-0.3, -0.25) is 0 Å². The Hall–Kier alpha value is -1.79. The Morgan fingerprint density at radius 2 is 1.96 bits per heavy atom. The molecular weight excluding hydrogens is 306 g/mol. The van der Waals surface area contributed by atoms with Gasteiger partial charge < -0.3 is 24.6 Å². The molecule has 2 rings (SSSR count). The predicted molar refractivity (Wildman–Crippen MR) is 95.7 cm³/mol. The molecule has 134 valence electrons. The van der Waals surface area contributed by atoms with Crippen molar-refractivity contribution in [2.45, 2.75) is 25.8 Å². The van der Waals surface area contributed by atoms with Crippen molar-refractivity contribution >= 4 is 11.7 Å². The van der Waals surface area contributed by atoms with Crippen LogP contribution in [0.15, 0.2) is 24.3 Å². The normalized spacial score (nSPS) is 15.3. The van der Waals surface area contributed by atoms with Gasteiger partial charge in [-0.25, -0.2) is 4.79 Å². The number of hydrogen-bond acceptors (Lipinski definition) is 4. The highest BCUT2D eigenvalue weighted by Crippen LogP contribution is 2.25. The fraction of sp³-hybridized carbons (Fsp3) is 0.611. The lowest BCUT2D eigenvalue weighted by atomic mass is 10.1. The van der Waals surface area contributed by atoms with Crippen LogP contribution in [-0.4, -0.2) is 68.9 Å². The second-order valence-electron chi connectivity index (χ2n) is 6.20. The summed E-state index contributed by atoms with van der Waals surface area (Å²) in [5.74, 6) is 0.702. The highest BCUT2D eigenvalue weighted by atomic mass is 16.5. The molecule has 1 fully saturated rings. The van der Waals surface area contributed by atoms with Crippen molar-refractivity contribution in [3.63, 3.8) is 0 Å². The van der Waals surface area contributed by atoms with Gasteiger partial charge in [-0.05, 0) is 46.0 Å². The number of urea groups is 1. The lowest BCUT2D eigenvalue weighted by Crippen LogP contribution is -2.48. The van der Waals surface area contributed by atoms with Gasteiger partial charge in [0.15, 0.2) is 0 Å². The molecule has 0 saturated carbocycles. The molecule has 0 bridgehead atoms. The monoisotopic (exact) mass is 335 g/mol. The zero-order valence-corrected chi connectivity index (χ0v) is 15.0. The average molecular weight is 335 g/mol. The van der Waals surface area contributed by atoms with Crippen LogP contribution in [0.2, 0.25) is 0 Å². The minimum absolute atomic E-state index is 0.0732. The molecule has 0 aromatic heterocycles. The molecule has 1 heterocycles. The molecule has 1 saturated heterocycles. The van der Waals surface area contributed by atoms with Crippen LogP contribution in [0.25, 0.3) is 0 Å². The van der Waals surface area contributed by atoms with E-state index in [1.807, 2.05) is 50.2 Å². The van der Waals surface area contributed by atoms with Crippen molar-refractivity contribution in [3.8, 4) is 5.75 Å². The number of anilines is 1. The van der Waals surface area contributed by atoms with Gasteiger partial charge >= 0.3 is 6.03 Å². The van der Waals surface area contributed by atoms with E-state index in [4.69, 9.17) is 9.47 Å². The van der Waals surface area contributed by atoms with E-state index in [9.17, 15) is 4.79 Å². The fourth-order valence-electron chi connectivity index (χ4n) is 2.79. The third-order valence-corrected chi connectivity index (χ3v) is 4.11. The summed E-state index contributed by atoms with van der Waals surface area (Å²) in [4.78, 5) is 16.9. The van der Waals surface area contributed by atoms with Crippen molar-refractivity contribution in [2.24, 2.45) is 0 Å². The number of rotatable bonds is 7. The van der Waals surface area contributed by atoms with Crippen molar-refractivity contribution < 1.29 is 14.3 Å². The summed E-state index contributed by atoms with van der Waals surface area (Å²) in [7, 11) is 4.04. The molecule has 0 unspecified atom stereocenters. The number of para-hydroxylation sites is 2. The Balaban J connectivity index is 2.08. The zero-order valence-electron chi connectivity index (χ0n) is 15.0. The number of carbonyl (C=O) groups excluding carboxylic acids is 1. The first kappa shape index (κ1) is 18.5. The van der Waals surface area contributed by atoms with Crippen LogP contribution in [0.5, 0.6) is 5.75 Å². The molecule has 1 aromatic rings. The number of ether oxygens (including phenoxy) is 2. The lowest BCUT2D eigenvalue weighted by Gasteiger charge is -2.35. The van der Waals surface area contributed by atoms with E-state index < -0.39 is 0 Å². The number of carbonyl (C=O) groups is 1. The summed E-state index contributed by atoms with van der Waals surface area (Å²) in [6, 6.07) is 7.70. The van der Waals surface area contributed by atoms with Gasteiger partial charge in [0.05, 0.1) is 12.3 Å². The molecule has 0 aliphatic carbocycles. The molecule has 0 atom stereocenters. The molecule has 6 nitrogen and oxygen atoms in total. The standard InChI is InChI=1S/C18H29N3O3/c1-4-24-17-8-6-5-7-16(17)19-18(22)21(12-11-20(2)3)15-9-13-23-14-10-15/h5-8,15H,4,9-14H2,1-3H3,(H,19,22). The first-order valence-electron chi connectivity index (χ1n) is 8.63. The van der Waals surface area contributed by atoms with Crippen LogP contribution >= 0.6 is 0 Å². The average Bonchev–Trinajstić information content (AvgIpc) is 2.58. The van der Waals surface area contributed by atoms with E-state index in [-0.39, 0.29) is 12.1 Å². The molecule has 1 aliphatic rings. The number of benzene rings is 1. The van der Waals surface area contributed by atoms with E-state index in [0.29, 0.717) is 37.8 Å².